The van der Waals surface area contributed by atoms with Gasteiger partial charge in [0.05, 0.1) is 23.6 Å². The molecule has 2 aromatic carbocycles. The minimum atomic E-state index is -0.670. The van der Waals surface area contributed by atoms with Crippen LogP contribution in [-0.4, -0.2) is 95.7 Å². The number of aromatic amines is 2. The molecular formula is C29H34N6O5S. The van der Waals surface area contributed by atoms with Gasteiger partial charge in [0, 0.05) is 44.5 Å². The molecule has 3 aliphatic heterocycles. The number of H-pyrrole nitrogens is 2. The number of amides is 1. The summed E-state index contributed by atoms with van der Waals surface area (Å²) >= 11 is 1.44. The molecule has 0 saturated carbocycles. The summed E-state index contributed by atoms with van der Waals surface area (Å²) in [7, 11) is 0. The van der Waals surface area contributed by atoms with E-state index in [1.807, 2.05) is 18.2 Å². The first kappa shape index (κ1) is 27.6. The second-order valence-corrected chi connectivity index (χ2v) is 11.4. The average Bonchev–Trinajstić information content (AvgIpc) is 3.57. The van der Waals surface area contributed by atoms with Crippen LogP contribution in [0.5, 0.6) is 5.75 Å². The lowest BCUT2D eigenvalue weighted by Gasteiger charge is -2.34. The lowest BCUT2D eigenvalue weighted by molar-refractivity contribution is -0.113. The molecule has 6 rings (SSSR count). The Morgan fingerprint density at radius 3 is 2.63 bits per heavy atom. The van der Waals surface area contributed by atoms with E-state index in [1.165, 1.54) is 11.8 Å². The molecule has 2 saturated heterocycles. The molecule has 4 heterocycles. The maximum absolute atomic E-state index is 12.4. The first-order valence-electron chi connectivity index (χ1n) is 14.0. The topological polar surface area (TPSA) is 135 Å². The first-order valence-corrected chi connectivity index (χ1v) is 14.8. The summed E-state index contributed by atoms with van der Waals surface area (Å²) in [6, 6.07) is 14.0. The van der Waals surface area contributed by atoms with Gasteiger partial charge in [-0.2, -0.15) is 4.99 Å². The van der Waals surface area contributed by atoms with E-state index in [1.54, 1.807) is 18.2 Å². The second kappa shape index (κ2) is 12.5. The van der Waals surface area contributed by atoms with Crippen LogP contribution < -0.4 is 20.6 Å². The van der Waals surface area contributed by atoms with Crippen molar-refractivity contribution < 1.29 is 19.4 Å². The van der Waals surface area contributed by atoms with Gasteiger partial charge in [0.25, 0.3) is 5.91 Å². The maximum atomic E-state index is 12.4. The molecule has 11 nitrogen and oxygen atoms in total. The molecule has 2 fully saturated rings. The molecule has 216 valence electrons. The number of para-hydroxylation sites is 1. The molecule has 4 N–H and O–H groups in total. The third kappa shape index (κ3) is 6.67. The Balaban J connectivity index is 0.940. The van der Waals surface area contributed by atoms with E-state index < -0.39 is 6.10 Å². The molecule has 41 heavy (non-hydrogen) atoms. The van der Waals surface area contributed by atoms with E-state index in [9.17, 15) is 14.7 Å². The van der Waals surface area contributed by atoms with Crippen molar-refractivity contribution in [2.24, 2.45) is 4.99 Å². The zero-order valence-corrected chi connectivity index (χ0v) is 23.5. The fourth-order valence-corrected chi connectivity index (χ4v) is 6.23. The van der Waals surface area contributed by atoms with Crippen LogP contribution in [0.25, 0.3) is 17.1 Å². The van der Waals surface area contributed by atoms with E-state index in [0.29, 0.717) is 47.5 Å². The number of rotatable bonds is 8. The van der Waals surface area contributed by atoms with Crippen molar-refractivity contribution in [3.8, 4) is 5.75 Å². The molecule has 1 amide bonds. The Hall–Kier alpha value is -3.58. The SMILES string of the molecule is O=C1N=C(N2CCOCC2)SC1=Cc1ccc(N2CCC(NCC(O)COc3cccc4[nH]c(=O)[nH]c34)CC2)cc1. The van der Waals surface area contributed by atoms with Crippen LogP contribution in [0.4, 0.5) is 5.69 Å². The molecular weight excluding hydrogens is 544 g/mol. The summed E-state index contributed by atoms with van der Waals surface area (Å²) in [6.07, 6.45) is 3.18. The van der Waals surface area contributed by atoms with Crippen LogP contribution in [0.2, 0.25) is 0 Å². The number of aromatic nitrogens is 2. The number of nitrogens with one attached hydrogen (secondary N) is 3. The fraction of sp³-hybridized carbons (Fsp3) is 0.414. The van der Waals surface area contributed by atoms with Crippen molar-refractivity contribution >= 4 is 45.6 Å². The van der Waals surface area contributed by atoms with Crippen molar-refractivity contribution in [3.63, 3.8) is 0 Å². The number of aliphatic imine (C=N–C) groups is 1. The Kier molecular flexibility index (Phi) is 8.42. The number of ether oxygens (including phenoxy) is 2. The lowest BCUT2D eigenvalue weighted by atomic mass is 10.0. The highest BCUT2D eigenvalue weighted by molar-refractivity contribution is 8.18. The number of carbonyl (C=O) groups excluding carboxylic acids is 1. The third-order valence-corrected chi connectivity index (χ3v) is 8.57. The van der Waals surface area contributed by atoms with E-state index in [0.717, 1.165) is 55.4 Å². The number of nitrogens with zero attached hydrogens (tertiary/aromatic N) is 3. The van der Waals surface area contributed by atoms with E-state index in [4.69, 9.17) is 9.47 Å². The normalized spacial score (nSPS) is 20.2. The molecule has 1 unspecified atom stereocenters. The van der Waals surface area contributed by atoms with E-state index in [-0.39, 0.29) is 18.2 Å². The van der Waals surface area contributed by atoms with Crippen molar-refractivity contribution in [3.05, 3.63) is 63.4 Å². The van der Waals surface area contributed by atoms with Crippen molar-refractivity contribution in [2.45, 2.75) is 25.0 Å². The van der Waals surface area contributed by atoms with Gasteiger partial charge in [0.15, 0.2) is 5.17 Å². The van der Waals surface area contributed by atoms with Gasteiger partial charge in [-0.05, 0) is 60.5 Å². The highest BCUT2D eigenvalue weighted by atomic mass is 32.2. The van der Waals surface area contributed by atoms with Gasteiger partial charge in [-0.1, -0.05) is 18.2 Å². The van der Waals surface area contributed by atoms with Crippen molar-refractivity contribution in [1.82, 2.24) is 20.2 Å². The number of aliphatic hydroxyl groups is 1. The molecule has 0 aliphatic carbocycles. The predicted molar refractivity (Wildman–Crippen MR) is 161 cm³/mol. The summed E-state index contributed by atoms with van der Waals surface area (Å²) in [4.78, 5) is 38.8. The van der Waals surface area contributed by atoms with Crippen molar-refractivity contribution in [1.29, 1.82) is 0 Å². The maximum Gasteiger partial charge on any atom is 0.323 e. The van der Waals surface area contributed by atoms with Crippen LogP contribution in [0.1, 0.15) is 18.4 Å². The summed E-state index contributed by atoms with van der Waals surface area (Å²) in [5.41, 5.74) is 3.13. The molecule has 3 aromatic rings. The van der Waals surface area contributed by atoms with Crippen LogP contribution in [0.3, 0.4) is 0 Å². The van der Waals surface area contributed by atoms with Crippen molar-refractivity contribution in [2.75, 3.05) is 57.4 Å². The highest BCUT2D eigenvalue weighted by Crippen LogP contribution is 2.31. The number of piperidine rings is 1. The summed E-state index contributed by atoms with van der Waals surface area (Å²) < 4.78 is 11.2. The third-order valence-electron chi connectivity index (χ3n) is 7.53. The van der Waals surface area contributed by atoms with E-state index in [2.05, 4.69) is 42.2 Å². The van der Waals surface area contributed by atoms with E-state index >= 15 is 0 Å². The number of benzene rings is 2. The molecule has 3 aliphatic rings. The number of imidazole rings is 1. The number of amidine groups is 1. The zero-order chi connectivity index (χ0) is 28.2. The van der Waals surface area contributed by atoms with Crippen LogP contribution >= 0.6 is 11.8 Å². The molecule has 1 atom stereocenters. The molecule has 0 radical (unpaired) electrons. The number of thioether (sulfide) groups is 1. The molecule has 0 bridgehead atoms. The Labute approximate surface area is 241 Å². The quantitative estimate of drug-likeness (QED) is 0.297. The van der Waals surface area contributed by atoms with Gasteiger partial charge >= 0.3 is 5.69 Å². The number of fused-ring (bicyclic) bond motifs is 1. The summed E-state index contributed by atoms with van der Waals surface area (Å²) in [5, 5.41) is 14.7. The number of morpholine rings is 1. The minimum Gasteiger partial charge on any atom is -0.489 e. The fourth-order valence-electron chi connectivity index (χ4n) is 5.26. The van der Waals surface area contributed by atoms with Gasteiger partial charge in [0.1, 0.15) is 24.0 Å². The standard InChI is InChI=1S/C29H34N6O5S/c36-22(18-40-24-3-1-2-23-26(24)32-28(38)31-23)17-30-20-8-10-34(11-9-20)21-6-4-19(5-7-21)16-25-27(37)33-29(41-25)35-12-14-39-15-13-35/h1-7,16,20,22,30,36H,8-15,17-18H2,(H2,31,32,38). The highest BCUT2D eigenvalue weighted by Gasteiger charge is 2.27. The van der Waals surface area contributed by atoms with Gasteiger partial charge in [-0.25, -0.2) is 4.79 Å². The molecule has 1 aromatic heterocycles. The van der Waals surface area contributed by atoms with Gasteiger partial charge in [-0.3, -0.25) is 4.79 Å². The Morgan fingerprint density at radius 1 is 1.07 bits per heavy atom. The van der Waals surface area contributed by atoms with Crippen LogP contribution in [-0.2, 0) is 9.53 Å². The smallest absolute Gasteiger partial charge is 0.323 e. The minimum absolute atomic E-state index is 0.130. The van der Waals surface area contributed by atoms with Crippen LogP contribution in [0.15, 0.2) is 57.2 Å². The number of hydrogen-bond donors (Lipinski definition) is 4. The Morgan fingerprint density at radius 2 is 1.85 bits per heavy atom. The summed E-state index contributed by atoms with van der Waals surface area (Å²) in [5.74, 6) is 0.358. The Bertz CT molecular complexity index is 1490. The summed E-state index contributed by atoms with van der Waals surface area (Å²) in [6.45, 7) is 5.24. The molecule has 12 heteroatoms. The van der Waals surface area contributed by atoms with Gasteiger partial charge in [0.2, 0.25) is 0 Å². The second-order valence-electron chi connectivity index (χ2n) is 10.4. The molecule has 0 spiro atoms. The van der Waals surface area contributed by atoms with Gasteiger partial charge in [-0.15, -0.1) is 0 Å². The number of anilines is 1. The zero-order valence-electron chi connectivity index (χ0n) is 22.7. The van der Waals surface area contributed by atoms with Gasteiger partial charge < -0.3 is 39.7 Å². The number of hydrogen-bond acceptors (Lipinski definition) is 9. The largest absolute Gasteiger partial charge is 0.489 e. The first-order chi connectivity index (χ1) is 20.0. The lowest BCUT2D eigenvalue weighted by Crippen LogP contribution is -2.45. The van der Waals surface area contributed by atoms with Crippen LogP contribution in [0, 0.1) is 0 Å². The monoisotopic (exact) mass is 578 g/mol. The predicted octanol–water partition coefficient (Wildman–Crippen LogP) is 2.16. The average molecular weight is 579 g/mol. The number of aliphatic hydroxyl groups excluding tert-OH is 1. The number of carbonyl (C=O) groups is 1.